The molecule has 16 nitrogen and oxygen atoms in total. The number of H-pyrrole nitrogens is 1. The van der Waals surface area contributed by atoms with Crippen LogP contribution in [0.2, 0.25) is 0 Å². The van der Waals surface area contributed by atoms with Crippen molar-refractivity contribution < 1.29 is 18.1 Å². The molecule has 0 unspecified atom stereocenters. The third-order valence-electron chi connectivity index (χ3n) is 10.5. The predicted octanol–water partition coefficient (Wildman–Crippen LogP) is 5.61. The Kier molecular flexibility index (Phi) is 15.1. The van der Waals surface area contributed by atoms with Gasteiger partial charge in [-0.15, -0.1) is 0 Å². The molecule has 1 aliphatic heterocycles. The number of sulfonamides is 1. The molecule has 6 rings (SSSR count). The summed E-state index contributed by atoms with van der Waals surface area (Å²) in [6, 6.07) is 21.3. The number of aromatic nitrogens is 3. The topological polar surface area (TPSA) is 229 Å². The third kappa shape index (κ3) is 12.2. The number of piperidine rings is 1. The number of nitrogens with one attached hydrogen (secondary N) is 3. The zero-order valence-electron chi connectivity index (χ0n) is 36.2. The Bertz CT molecular complexity index is 2460. The second kappa shape index (κ2) is 19.8. The average Bonchev–Trinajstić information content (AvgIpc) is 3.65. The summed E-state index contributed by atoms with van der Waals surface area (Å²) in [5.74, 6) is 0.269. The largest absolute Gasteiger partial charge is 0.490 e. The molecule has 0 atom stereocenters. The fourth-order valence-corrected chi connectivity index (χ4v) is 8.60. The Labute approximate surface area is 358 Å². The van der Waals surface area contributed by atoms with E-state index >= 15 is 0 Å². The van der Waals surface area contributed by atoms with Gasteiger partial charge in [-0.25, -0.2) is 13.2 Å². The first-order chi connectivity index (χ1) is 28.8. The van der Waals surface area contributed by atoms with Crippen LogP contribution in [0.25, 0.3) is 16.7 Å². The molecule has 7 N–H and O–H groups in total. The molecule has 1 aliphatic rings. The second-order valence-electron chi connectivity index (χ2n) is 17.2. The minimum absolute atomic E-state index is 0.0352. The number of fused-ring (bicyclic) bond motifs is 1. The summed E-state index contributed by atoms with van der Waals surface area (Å²) in [4.78, 5) is 35.1. The van der Waals surface area contributed by atoms with E-state index in [2.05, 4.69) is 73.2 Å². The summed E-state index contributed by atoms with van der Waals surface area (Å²) in [6.07, 6.45) is 4.06. The van der Waals surface area contributed by atoms with Gasteiger partial charge in [0.25, 0.3) is 0 Å². The summed E-state index contributed by atoms with van der Waals surface area (Å²) in [5, 5.41) is 19.0. The van der Waals surface area contributed by atoms with Crippen LogP contribution in [0.4, 0.5) is 5.69 Å². The molecule has 0 aliphatic carbocycles. The monoisotopic (exact) mass is 856 g/mol. The van der Waals surface area contributed by atoms with E-state index in [1.165, 1.54) is 23.5 Å². The van der Waals surface area contributed by atoms with Gasteiger partial charge in [0.1, 0.15) is 5.65 Å². The maximum absolute atomic E-state index is 13.7. The molecule has 1 saturated heterocycles. The third-order valence-corrected chi connectivity index (χ3v) is 12.4. The van der Waals surface area contributed by atoms with Crippen LogP contribution in [0, 0.1) is 10.1 Å². The van der Waals surface area contributed by atoms with E-state index in [-0.39, 0.29) is 51.4 Å². The van der Waals surface area contributed by atoms with Gasteiger partial charge >= 0.3 is 11.4 Å². The number of aliphatic imine (C=N–C) groups is 1. The lowest BCUT2D eigenvalue weighted by Crippen LogP contribution is -2.45. The Hall–Kier alpha value is -5.62. The minimum Gasteiger partial charge on any atom is -0.490 e. The van der Waals surface area contributed by atoms with Crippen LogP contribution in [-0.4, -0.2) is 77.5 Å². The predicted molar refractivity (Wildman–Crippen MR) is 241 cm³/mol. The van der Waals surface area contributed by atoms with E-state index in [0.717, 1.165) is 60.5 Å². The van der Waals surface area contributed by atoms with Gasteiger partial charge < -0.3 is 31.8 Å². The SMILES string of the molecule is CC(C)(C)c1cc2cn(-c3ccc(CNCCCN=C(N)N)cc3)c(=O)nc2[nH]1.COc1ccc(CN(C2CCNCC2)S(=O)(=O)c2ccc(C(C)(C)C)cc2)cc1[N+](=O)[O-]. The molecule has 0 spiro atoms. The highest BCUT2D eigenvalue weighted by molar-refractivity contribution is 7.89. The number of nitrogens with two attached hydrogens (primary N) is 2. The molecule has 2 aromatic heterocycles. The molecule has 3 aromatic carbocycles. The van der Waals surface area contributed by atoms with Crippen molar-refractivity contribution in [2.45, 2.75) is 95.7 Å². The summed E-state index contributed by atoms with van der Waals surface area (Å²) in [7, 11) is -2.44. The van der Waals surface area contributed by atoms with Crippen molar-refractivity contribution in [1.29, 1.82) is 0 Å². The molecule has 328 valence electrons. The number of ether oxygens (including phenoxy) is 1. The Morgan fingerprint density at radius 2 is 1.64 bits per heavy atom. The molecule has 5 aromatic rings. The Balaban J connectivity index is 0.000000232. The van der Waals surface area contributed by atoms with Crippen molar-refractivity contribution in [3.05, 3.63) is 122 Å². The smallest absolute Gasteiger partial charge is 0.354 e. The standard InChI is InChI=1S/C23H31N3O5S.C21H29N7O/c1-23(2,3)18-6-8-20(9-7-18)32(29,30)25(19-11-13-24-14-12-19)16-17-5-10-22(31-4)21(15-17)26(27)28;1-21(2,3)17-11-15-13-28(20(29)27-18(15)26-17)16-7-5-14(6-8-16)12-24-9-4-10-25-19(22)23/h5-10,15,19,24H,11-14,16H2,1-4H3;5-8,11,13,24H,4,9-10,12H2,1-3H3,(H4,22,23,25)(H,26,27,29). The number of rotatable bonds is 14. The van der Waals surface area contributed by atoms with Crippen LogP contribution in [0.15, 0.2) is 93.7 Å². The van der Waals surface area contributed by atoms with E-state index < -0.39 is 14.9 Å². The van der Waals surface area contributed by atoms with Crippen LogP contribution in [0.5, 0.6) is 5.75 Å². The number of nitrogens with zero attached hydrogens (tertiary/aromatic N) is 5. The summed E-state index contributed by atoms with van der Waals surface area (Å²) in [6.45, 7) is 16.3. The van der Waals surface area contributed by atoms with Gasteiger partial charge in [0.2, 0.25) is 10.0 Å². The van der Waals surface area contributed by atoms with Crippen LogP contribution >= 0.6 is 0 Å². The van der Waals surface area contributed by atoms with E-state index in [0.29, 0.717) is 30.6 Å². The first kappa shape index (κ1) is 46.4. The molecular formula is C44H60N10O6S. The number of hydrogen-bond donors (Lipinski definition) is 5. The van der Waals surface area contributed by atoms with Crippen LogP contribution in [-0.2, 0) is 33.9 Å². The average molecular weight is 857 g/mol. The lowest BCUT2D eigenvalue weighted by atomic mass is 9.87. The highest BCUT2D eigenvalue weighted by atomic mass is 32.2. The minimum atomic E-state index is -3.81. The molecule has 3 heterocycles. The number of methoxy groups -OCH3 is 1. The zero-order chi connectivity index (χ0) is 44.5. The maximum atomic E-state index is 13.7. The zero-order valence-corrected chi connectivity index (χ0v) is 37.0. The van der Waals surface area contributed by atoms with E-state index in [1.807, 2.05) is 42.6 Å². The summed E-state index contributed by atoms with van der Waals surface area (Å²) < 4.78 is 35.5. The van der Waals surface area contributed by atoms with Crippen LogP contribution in [0.3, 0.4) is 0 Å². The first-order valence-corrected chi connectivity index (χ1v) is 21.8. The van der Waals surface area contributed by atoms with Gasteiger partial charge in [-0.2, -0.15) is 9.29 Å². The second-order valence-corrected chi connectivity index (χ2v) is 19.1. The molecule has 1 fully saturated rings. The van der Waals surface area contributed by atoms with Gasteiger partial charge in [-0.3, -0.25) is 19.7 Å². The van der Waals surface area contributed by atoms with Gasteiger partial charge in [0, 0.05) is 54.4 Å². The van der Waals surface area contributed by atoms with Gasteiger partial charge in [0.15, 0.2) is 11.7 Å². The molecular weight excluding hydrogens is 797 g/mol. The molecule has 0 radical (unpaired) electrons. The molecule has 0 amide bonds. The van der Waals surface area contributed by atoms with Crippen molar-refractivity contribution in [1.82, 2.24) is 29.5 Å². The molecule has 17 heteroatoms. The summed E-state index contributed by atoms with van der Waals surface area (Å²) in [5.41, 5.74) is 15.2. The molecule has 0 bridgehead atoms. The highest BCUT2D eigenvalue weighted by Crippen LogP contribution is 2.32. The van der Waals surface area contributed by atoms with E-state index in [4.69, 9.17) is 16.2 Å². The number of nitro benzene ring substituents is 1. The number of guanidine groups is 1. The van der Waals surface area contributed by atoms with Gasteiger partial charge in [0.05, 0.1) is 22.6 Å². The normalized spacial score (nSPS) is 13.8. The van der Waals surface area contributed by atoms with Crippen LogP contribution in [0.1, 0.15) is 83.2 Å². The number of hydrogen-bond acceptors (Lipinski definition) is 10. The number of benzene rings is 3. The molecule has 0 saturated carbocycles. The number of aromatic amines is 1. The maximum Gasteiger partial charge on any atom is 0.354 e. The molecule has 61 heavy (non-hydrogen) atoms. The van der Waals surface area contributed by atoms with Gasteiger partial charge in [-0.1, -0.05) is 71.9 Å². The fraction of sp³-hybridized carbons (Fsp3) is 0.432. The summed E-state index contributed by atoms with van der Waals surface area (Å²) >= 11 is 0. The highest BCUT2D eigenvalue weighted by Gasteiger charge is 2.33. The van der Waals surface area contributed by atoms with Crippen molar-refractivity contribution in [2.24, 2.45) is 16.5 Å². The quantitative estimate of drug-likeness (QED) is 0.0303. The van der Waals surface area contributed by atoms with Crippen LogP contribution < -0.4 is 32.5 Å². The van der Waals surface area contributed by atoms with Gasteiger partial charge in [-0.05, 0) is 97.4 Å². The fourth-order valence-electron chi connectivity index (χ4n) is 6.93. The Morgan fingerprint density at radius 1 is 0.984 bits per heavy atom. The van der Waals surface area contributed by atoms with Crippen molar-refractivity contribution in [3.63, 3.8) is 0 Å². The van der Waals surface area contributed by atoms with Crippen molar-refractivity contribution in [2.75, 3.05) is 33.3 Å². The van der Waals surface area contributed by atoms with E-state index in [9.17, 15) is 23.3 Å². The van der Waals surface area contributed by atoms with E-state index in [1.54, 1.807) is 22.8 Å². The van der Waals surface area contributed by atoms with Crippen molar-refractivity contribution in [3.8, 4) is 11.4 Å². The lowest BCUT2D eigenvalue weighted by Gasteiger charge is -2.34. The van der Waals surface area contributed by atoms with Crippen molar-refractivity contribution >= 4 is 32.7 Å². The Morgan fingerprint density at radius 3 is 2.23 bits per heavy atom. The number of nitro groups is 1. The lowest BCUT2D eigenvalue weighted by molar-refractivity contribution is -0.385. The first-order valence-electron chi connectivity index (χ1n) is 20.4.